The number of nitrogens with two attached hydrogens (primary N) is 1. The van der Waals surface area contributed by atoms with Gasteiger partial charge in [0.1, 0.15) is 0 Å². The van der Waals surface area contributed by atoms with E-state index in [1.165, 1.54) is 0 Å². The van der Waals surface area contributed by atoms with Gasteiger partial charge in [-0.3, -0.25) is 9.79 Å². The molecular weight excluding hydrogens is 164 g/mol. The van der Waals surface area contributed by atoms with Crippen LogP contribution in [0.1, 0.15) is 28.4 Å². The SMILES string of the molecule is CC1=NCc2c(C(N)=O)cccc21. The van der Waals surface area contributed by atoms with Crippen molar-refractivity contribution in [1.29, 1.82) is 0 Å². The molecule has 0 saturated carbocycles. The zero-order valence-corrected chi connectivity index (χ0v) is 7.37. The Morgan fingerprint density at radius 2 is 2.31 bits per heavy atom. The van der Waals surface area contributed by atoms with Crippen LogP contribution in [0.25, 0.3) is 0 Å². The summed E-state index contributed by atoms with van der Waals surface area (Å²) in [4.78, 5) is 15.3. The molecule has 2 N–H and O–H groups in total. The monoisotopic (exact) mass is 174 g/mol. The first-order valence-corrected chi connectivity index (χ1v) is 4.13. The van der Waals surface area contributed by atoms with Gasteiger partial charge in [0.2, 0.25) is 5.91 Å². The van der Waals surface area contributed by atoms with Crippen molar-refractivity contribution in [2.75, 3.05) is 0 Å². The predicted molar refractivity (Wildman–Crippen MR) is 50.9 cm³/mol. The molecule has 0 fully saturated rings. The van der Waals surface area contributed by atoms with Gasteiger partial charge in [0.05, 0.1) is 6.54 Å². The summed E-state index contributed by atoms with van der Waals surface area (Å²) in [6, 6.07) is 5.55. The van der Waals surface area contributed by atoms with E-state index in [4.69, 9.17) is 5.73 Å². The molecule has 1 amide bonds. The minimum absolute atomic E-state index is 0.373. The quantitative estimate of drug-likeness (QED) is 0.681. The van der Waals surface area contributed by atoms with Crippen LogP contribution in [-0.4, -0.2) is 11.6 Å². The Balaban J connectivity index is 2.61. The molecule has 1 heterocycles. The van der Waals surface area contributed by atoms with Gasteiger partial charge < -0.3 is 5.73 Å². The van der Waals surface area contributed by atoms with Gasteiger partial charge in [0, 0.05) is 16.8 Å². The predicted octanol–water partition coefficient (Wildman–Crippen LogP) is 1.11. The molecule has 0 saturated heterocycles. The third-order valence-electron chi connectivity index (χ3n) is 2.31. The topological polar surface area (TPSA) is 55.4 Å². The highest BCUT2D eigenvalue weighted by Gasteiger charge is 2.17. The number of benzene rings is 1. The van der Waals surface area contributed by atoms with Crippen molar-refractivity contribution >= 4 is 11.6 Å². The van der Waals surface area contributed by atoms with Gasteiger partial charge in [-0.2, -0.15) is 0 Å². The first kappa shape index (κ1) is 7.98. The maximum Gasteiger partial charge on any atom is 0.249 e. The third-order valence-corrected chi connectivity index (χ3v) is 2.31. The van der Waals surface area contributed by atoms with E-state index < -0.39 is 0 Å². The lowest BCUT2D eigenvalue weighted by molar-refractivity contribution is 0.0999. The van der Waals surface area contributed by atoms with Gasteiger partial charge in [-0.25, -0.2) is 0 Å². The average molecular weight is 174 g/mol. The number of rotatable bonds is 1. The second-order valence-corrected chi connectivity index (χ2v) is 3.10. The van der Waals surface area contributed by atoms with Crippen molar-refractivity contribution in [3.63, 3.8) is 0 Å². The number of amides is 1. The highest BCUT2D eigenvalue weighted by molar-refractivity contribution is 6.05. The van der Waals surface area contributed by atoms with Gasteiger partial charge >= 0.3 is 0 Å². The number of primary amides is 1. The van der Waals surface area contributed by atoms with E-state index in [1.807, 2.05) is 19.1 Å². The molecule has 1 aliphatic heterocycles. The van der Waals surface area contributed by atoms with Crippen LogP contribution in [0.5, 0.6) is 0 Å². The van der Waals surface area contributed by atoms with Gasteiger partial charge in [-0.1, -0.05) is 12.1 Å². The molecule has 1 aromatic carbocycles. The third kappa shape index (κ3) is 1.13. The maximum atomic E-state index is 11.0. The Morgan fingerprint density at radius 1 is 1.54 bits per heavy atom. The molecule has 1 aromatic rings. The fourth-order valence-electron chi connectivity index (χ4n) is 1.61. The number of carbonyl (C=O) groups excluding carboxylic acids is 1. The van der Waals surface area contributed by atoms with Crippen LogP contribution in [0, 0.1) is 0 Å². The van der Waals surface area contributed by atoms with E-state index in [1.54, 1.807) is 6.07 Å². The zero-order valence-electron chi connectivity index (χ0n) is 7.37. The fourth-order valence-corrected chi connectivity index (χ4v) is 1.61. The zero-order chi connectivity index (χ0) is 9.42. The van der Waals surface area contributed by atoms with Crippen molar-refractivity contribution in [1.82, 2.24) is 0 Å². The summed E-state index contributed by atoms with van der Waals surface area (Å²) in [6.07, 6.45) is 0. The molecule has 0 aromatic heterocycles. The molecular formula is C10H10N2O. The lowest BCUT2D eigenvalue weighted by Crippen LogP contribution is -2.14. The number of hydrogen-bond acceptors (Lipinski definition) is 2. The summed E-state index contributed by atoms with van der Waals surface area (Å²) in [5.74, 6) is -0.373. The molecule has 0 atom stereocenters. The first-order chi connectivity index (χ1) is 6.20. The van der Waals surface area contributed by atoms with E-state index in [9.17, 15) is 4.79 Å². The van der Waals surface area contributed by atoms with Crippen LogP contribution < -0.4 is 5.73 Å². The molecule has 0 aliphatic carbocycles. The van der Waals surface area contributed by atoms with Crippen LogP contribution >= 0.6 is 0 Å². The molecule has 0 bridgehead atoms. The molecule has 0 spiro atoms. The van der Waals surface area contributed by atoms with Crippen LogP contribution in [0.15, 0.2) is 23.2 Å². The molecule has 3 nitrogen and oxygen atoms in total. The first-order valence-electron chi connectivity index (χ1n) is 4.13. The Hall–Kier alpha value is -1.64. The Kier molecular flexibility index (Phi) is 1.65. The van der Waals surface area contributed by atoms with Crippen molar-refractivity contribution in [2.45, 2.75) is 13.5 Å². The molecule has 2 rings (SSSR count). The Bertz CT molecular complexity index is 407. The molecule has 66 valence electrons. The van der Waals surface area contributed by atoms with Gasteiger partial charge in [0.25, 0.3) is 0 Å². The minimum atomic E-state index is -0.373. The van der Waals surface area contributed by atoms with Crippen molar-refractivity contribution < 1.29 is 4.79 Å². The van der Waals surface area contributed by atoms with E-state index in [0.717, 1.165) is 16.8 Å². The Labute approximate surface area is 76.3 Å². The number of nitrogens with zero attached hydrogens (tertiary/aromatic N) is 1. The van der Waals surface area contributed by atoms with Crippen molar-refractivity contribution in [2.24, 2.45) is 10.7 Å². The normalized spacial score (nSPS) is 13.8. The highest BCUT2D eigenvalue weighted by Crippen LogP contribution is 2.22. The van der Waals surface area contributed by atoms with Gasteiger partial charge in [-0.05, 0) is 18.6 Å². The minimum Gasteiger partial charge on any atom is -0.366 e. The lowest BCUT2D eigenvalue weighted by Gasteiger charge is -2.03. The molecule has 3 heteroatoms. The van der Waals surface area contributed by atoms with Gasteiger partial charge in [0.15, 0.2) is 0 Å². The molecule has 13 heavy (non-hydrogen) atoms. The van der Waals surface area contributed by atoms with Crippen LogP contribution in [-0.2, 0) is 6.54 Å². The Morgan fingerprint density at radius 3 is 3.00 bits per heavy atom. The van der Waals surface area contributed by atoms with Crippen LogP contribution in [0.4, 0.5) is 0 Å². The van der Waals surface area contributed by atoms with E-state index in [2.05, 4.69) is 4.99 Å². The number of fused-ring (bicyclic) bond motifs is 1. The van der Waals surface area contributed by atoms with Crippen LogP contribution in [0.3, 0.4) is 0 Å². The standard InChI is InChI=1S/C10H10N2O/c1-6-7-3-2-4-8(10(11)13)9(7)5-12-6/h2-4H,5H2,1H3,(H2,11,13). The summed E-state index contributed by atoms with van der Waals surface area (Å²) in [7, 11) is 0. The highest BCUT2D eigenvalue weighted by atomic mass is 16.1. The van der Waals surface area contributed by atoms with Crippen molar-refractivity contribution in [3.8, 4) is 0 Å². The van der Waals surface area contributed by atoms with Gasteiger partial charge in [-0.15, -0.1) is 0 Å². The lowest BCUT2D eigenvalue weighted by atomic mass is 10.0. The molecule has 0 unspecified atom stereocenters. The van der Waals surface area contributed by atoms with E-state index in [-0.39, 0.29) is 5.91 Å². The molecule has 1 aliphatic rings. The maximum absolute atomic E-state index is 11.0. The van der Waals surface area contributed by atoms with Crippen LogP contribution in [0.2, 0.25) is 0 Å². The summed E-state index contributed by atoms with van der Waals surface area (Å²) in [5.41, 5.74) is 8.84. The van der Waals surface area contributed by atoms with E-state index in [0.29, 0.717) is 12.1 Å². The largest absolute Gasteiger partial charge is 0.366 e. The van der Waals surface area contributed by atoms with E-state index >= 15 is 0 Å². The summed E-state index contributed by atoms with van der Waals surface area (Å²) < 4.78 is 0. The number of hydrogen-bond donors (Lipinski definition) is 1. The number of aliphatic imine (C=N–C) groups is 1. The smallest absolute Gasteiger partial charge is 0.249 e. The summed E-state index contributed by atoms with van der Waals surface area (Å²) in [6.45, 7) is 2.52. The summed E-state index contributed by atoms with van der Waals surface area (Å²) in [5, 5.41) is 0. The average Bonchev–Trinajstić information content (AvgIpc) is 2.48. The summed E-state index contributed by atoms with van der Waals surface area (Å²) >= 11 is 0. The number of carbonyl (C=O) groups is 1. The molecule has 0 radical (unpaired) electrons. The fraction of sp³-hybridized carbons (Fsp3) is 0.200. The second-order valence-electron chi connectivity index (χ2n) is 3.10. The van der Waals surface area contributed by atoms with Crippen molar-refractivity contribution in [3.05, 3.63) is 34.9 Å². The second kappa shape index (κ2) is 2.69.